The molecule has 0 aromatic rings. The van der Waals surface area contributed by atoms with Crippen molar-refractivity contribution < 1.29 is 19.4 Å². The third-order valence-electron chi connectivity index (χ3n) is 10.5. The molecule has 49 heavy (non-hydrogen) atoms. The maximum atomic E-state index is 11.2. The van der Waals surface area contributed by atoms with E-state index < -0.39 is 5.97 Å². The number of carboxylic acid groups (broad SMARTS) is 1. The highest BCUT2D eigenvalue weighted by Crippen LogP contribution is 2.18. The molecule has 0 amide bonds. The van der Waals surface area contributed by atoms with Crippen molar-refractivity contribution in [1.29, 1.82) is 0 Å². The smallest absolute Gasteiger partial charge is 0.310 e. The summed E-state index contributed by atoms with van der Waals surface area (Å²) in [6.45, 7) is 3.41. The average molecular weight is 691 g/mol. The van der Waals surface area contributed by atoms with Gasteiger partial charge in [0.15, 0.2) is 0 Å². The molecule has 0 aliphatic carbocycles. The average Bonchev–Trinajstić information content (AvgIpc) is 3.09. The van der Waals surface area contributed by atoms with E-state index in [1.165, 1.54) is 231 Å². The maximum absolute atomic E-state index is 11.2. The molecule has 0 aliphatic heterocycles. The van der Waals surface area contributed by atoms with Gasteiger partial charge in [-0.2, -0.15) is 0 Å². The number of hydrogen-bond donors (Lipinski definition) is 1. The first-order valence-electron chi connectivity index (χ1n) is 22.2. The molecule has 0 aromatic heterocycles. The molecule has 0 saturated carbocycles. The lowest BCUT2D eigenvalue weighted by Gasteiger charge is -2.05. The van der Waals surface area contributed by atoms with E-state index in [9.17, 15) is 9.59 Å². The summed E-state index contributed by atoms with van der Waals surface area (Å²) in [6, 6.07) is 0. The summed E-state index contributed by atoms with van der Waals surface area (Å²) in [5.74, 6) is -0.798. The van der Waals surface area contributed by atoms with E-state index in [1.54, 1.807) is 0 Å². The molecule has 4 nitrogen and oxygen atoms in total. The van der Waals surface area contributed by atoms with Crippen molar-refractivity contribution in [3.05, 3.63) is 12.8 Å². The molecule has 0 fully saturated rings. The lowest BCUT2D eigenvalue weighted by molar-refractivity contribution is -0.138. The van der Waals surface area contributed by atoms with Crippen molar-refractivity contribution in [1.82, 2.24) is 0 Å². The molecule has 0 aromatic carbocycles. The molecule has 0 radical (unpaired) electrons. The summed E-state index contributed by atoms with van der Waals surface area (Å²) in [5.41, 5.74) is 0. The van der Waals surface area contributed by atoms with Crippen LogP contribution in [0.3, 0.4) is 0 Å². The van der Waals surface area contributed by atoms with Crippen LogP contribution in [0.25, 0.3) is 0 Å². The van der Waals surface area contributed by atoms with Crippen molar-refractivity contribution >= 4 is 11.9 Å². The van der Waals surface area contributed by atoms with E-state index in [2.05, 4.69) is 6.58 Å². The Morgan fingerprint density at radius 1 is 0.327 bits per heavy atom. The molecule has 290 valence electrons. The van der Waals surface area contributed by atoms with Crippen molar-refractivity contribution in [2.24, 2.45) is 0 Å². The summed E-state index contributed by atoms with van der Waals surface area (Å²) < 4.78 is 4.74. The fraction of sp³-hybridized carbons (Fsp3) is 0.911. The van der Waals surface area contributed by atoms with Crippen molar-refractivity contribution in [3.8, 4) is 0 Å². The first kappa shape index (κ1) is 47.7. The second-order valence-corrected chi connectivity index (χ2v) is 15.3. The van der Waals surface area contributed by atoms with E-state index in [-0.39, 0.29) is 5.97 Å². The molecule has 0 spiro atoms. The van der Waals surface area contributed by atoms with E-state index >= 15 is 0 Å². The largest absolute Gasteiger partial charge is 0.481 e. The summed E-state index contributed by atoms with van der Waals surface area (Å²) in [7, 11) is 0. The number of ether oxygens (including phenoxy) is 1. The van der Waals surface area contributed by atoms with Gasteiger partial charge < -0.3 is 9.84 Å². The second kappa shape index (κ2) is 42.8. The molecule has 1 N–H and O–H groups in total. The van der Waals surface area contributed by atoms with Crippen molar-refractivity contribution in [2.75, 3.05) is 0 Å². The number of aliphatic carboxylic acids is 1. The first-order valence-corrected chi connectivity index (χ1v) is 22.2. The zero-order valence-corrected chi connectivity index (χ0v) is 32.9. The maximum Gasteiger partial charge on any atom is 0.310 e. The monoisotopic (exact) mass is 691 g/mol. The van der Waals surface area contributed by atoms with Crippen molar-refractivity contribution in [2.45, 2.75) is 263 Å². The number of carboxylic acids is 1. The molecule has 0 aliphatic rings. The van der Waals surface area contributed by atoms with Crippen LogP contribution in [0.1, 0.15) is 263 Å². The van der Waals surface area contributed by atoms with Crippen LogP contribution >= 0.6 is 0 Å². The van der Waals surface area contributed by atoms with Crippen LogP contribution in [-0.2, 0) is 14.3 Å². The third kappa shape index (κ3) is 44.7. The molecular weight excluding hydrogens is 604 g/mol. The molecule has 0 bridgehead atoms. The highest BCUT2D eigenvalue weighted by atomic mass is 16.5. The van der Waals surface area contributed by atoms with Crippen LogP contribution < -0.4 is 0 Å². The molecular formula is C45H86O4. The minimum atomic E-state index is -0.651. The summed E-state index contributed by atoms with van der Waals surface area (Å²) in [5, 5.41) is 8.65. The Bertz CT molecular complexity index is 675. The van der Waals surface area contributed by atoms with Gasteiger partial charge in [0.25, 0.3) is 0 Å². The number of unbranched alkanes of at least 4 members (excludes halogenated alkanes) is 38. The van der Waals surface area contributed by atoms with Gasteiger partial charge >= 0.3 is 11.9 Å². The van der Waals surface area contributed by atoms with Crippen LogP contribution in [0.5, 0.6) is 0 Å². The fourth-order valence-electron chi connectivity index (χ4n) is 7.24. The first-order chi connectivity index (χ1) is 24.2. The van der Waals surface area contributed by atoms with E-state index in [0.717, 1.165) is 25.7 Å². The fourth-order valence-corrected chi connectivity index (χ4v) is 7.24. The van der Waals surface area contributed by atoms with Gasteiger partial charge in [0.2, 0.25) is 0 Å². The van der Waals surface area contributed by atoms with Crippen LogP contribution in [0.4, 0.5) is 0 Å². The Balaban J connectivity index is 3.07. The van der Waals surface area contributed by atoms with Gasteiger partial charge in [-0.3, -0.25) is 9.59 Å². The SMILES string of the molecule is C=COC(=O)CCCCCCCCCCCCCCCCCCCCCCCCCCCCCCCCCCCCCCCCCC(=O)O. The predicted octanol–water partition coefficient (Wildman–Crippen LogP) is 15.8. The highest BCUT2D eigenvalue weighted by Gasteiger charge is 2.01. The lowest BCUT2D eigenvalue weighted by Crippen LogP contribution is -1.98. The molecule has 4 heteroatoms. The molecule has 0 rings (SSSR count). The van der Waals surface area contributed by atoms with E-state index in [1.807, 2.05) is 0 Å². The van der Waals surface area contributed by atoms with Crippen molar-refractivity contribution in [3.63, 3.8) is 0 Å². The van der Waals surface area contributed by atoms with Crippen LogP contribution in [0.2, 0.25) is 0 Å². The number of carbonyl (C=O) groups excluding carboxylic acids is 1. The number of rotatable bonds is 43. The van der Waals surface area contributed by atoms with Crippen LogP contribution in [0, 0.1) is 0 Å². The standard InChI is InChI=1S/C45H86O4/c1-2-49-45(48)43-41-39-37-35-33-31-29-27-25-23-21-19-17-15-13-11-9-7-5-3-4-6-8-10-12-14-16-18-20-22-24-26-28-30-32-34-36-38-40-42-44(46)47/h2H,1,3-43H2,(H,46,47). The van der Waals surface area contributed by atoms with Gasteiger partial charge in [-0.15, -0.1) is 0 Å². The van der Waals surface area contributed by atoms with E-state index in [0.29, 0.717) is 12.8 Å². The number of carbonyl (C=O) groups is 2. The van der Waals surface area contributed by atoms with Gasteiger partial charge in [-0.25, -0.2) is 0 Å². The normalized spacial score (nSPS) is 11.3. The molecule has 0 heterocycles. The van der Waals surface area contributed by atoms with E-state index in [4.69, 9.17) is 9.84 Å². The molecule has 0 unspecified atom stereocenters. The minimum absolute atomic E-state index is 0.147. The van der Waals surface area contributed by atoms with Gasteiger partial charge in [0.1, 0.15) is 0 Å². The minimum Gasteiger partial charge on any atom is -0.481 e. The van der Waals surface area contributed by atoms with Gasteiger partial charge in [0, 0.05) is 12.8 Å². The Morgan fingerprint density at radius 2 is 0.490 bits per heavy atom. The summed E-state index contributed by atoms with van der Waals surface area (Å²) >= 11 is 0. The van der Waals surface area contributed by atoms with Gasteiger partial charge in [-0.05, 0) is 12.8 Å². The quantitative estimate of drug-likeness (QED) is 0.0393. The van der Waals surface area contributed by atoms with Gasteiger partial charge in [-0.1, -0.05) is 244 Å². The molecule has 0 saturated heterocycles. The second-order valence-electron chi connectivity index (χ2n) is 15.3. The summed E-state index contributed by atoms with van der Waals surface area (Å²) in [6.07, 6.45) is 55.6. The van der Waals surface area contributed by atoms with Gasteiger partial charge in [0.05, 0.1) is 6.26 Å². The zero-order chi connectivity index (χ0) is 35.6. The van der Waals surface area contributed by atoms with Crippen LogP contribution in [-0.4, -0.2) is 17.0 Å². The lowest BCUT2D eigenvalue weighted by atomic mass is 10.0. The Hall–Kier alpha value is -1.32. The predicted molar refractivity (Wildman–Crippen MR) is 213 cm³/mol. The zero-order valence-electron chi connectivity index (χ0n) is 32.9. The summed E-state index contributed by atoms with van der Waals surface area (Å²) in [4.78, 5) is 21.7. The molecule has 0 atom stereocenters. The number of hydrogen-bond acceptors (Lipinski definition) is 3. The topological polar surface area (TPSA) is 63.6 Å². The third-order valence-corrected chi connectivity index (χ3v) is 10.5. The van der Waals surface area contributed by atoms with Crippen LogP contribution in [0.15, 0.2) is 12.8 Å². The Kier molecular flexibility index (Phi) is 41.7. The number of esters is 1. The Labute approximate surface area is 306 Å². The Morgan fingerprint density at radius 3 is 0.653 bits per heavy atom. The highest BCUT2D eigenvalue weighted by molar-refractivity contribution is 5.69.